The van der Waals surface area contributed by atoms with Crippen LogP contribution in [0.4, 0.5) is 0 Å². The molecule has 1 aromatic heterocycles. The maximum absolute atomic E-state index is 5.62. The molecule has 2 aromatic rings. The second-order valence-electron chi connectivity index (χ2n) is 2.04. The van der Waals surface area contributed by atoms with Gasteiger partial charge in [-0.3, -0.25) is 0 Å². The number of para-hydroxylation sites is 2. The van der Waals surface area contributed by atoms with Gasteiger partial charge in [-0.25, -0.2) is 4.98 Å². The van der Waals surface area contributed by atoms with Crippen molar-refractivity contribution in [1.29, 1.82) is 0 Å². The summed E-state index contributed by atoms with van der Waals surface area (Å²) in [5, 5.41) is 0.446. The van der Waals surface area contributed by atoms with Crippen molar-refractivity contribution in [1.82, 2.24) is 9.97 Å². The number of benzene rings is 1. The van der Waals surface area contributed by atoms with Gasteiger partial charge in [-0.1, -0.05) is 12.1 Å². The minimum Gasteiger partial charge on any atom is -0.329 e. The van der Waals surface area contributed by atoms with Crippen molar-refractivity contribution >= 4 is 45.7 Å². The van der Waals surface area contributed by atoms with Gasteiger partial charge >= 0.3 is 23.1 Å². The van der Waals surface area contributed by atoms with Gasteiger partial charge in [-0.05, 0) is 23.7 Å². The zero-order valence-electron chi connectivity index (χ0n) is 5.13. The van der Waals surface area contributed by atoms with Gasteiger partial charge in [0.25, 0.3) is 0 Å². The number of fused-ring (bicyclic) bond motifs is 1. The number of imidazole rings is 1. The molecule has 0 aliphatic rings. The van der Waals surface area contributed by atoms with Crippen LogP contribution in [0, 0.1) is 0 Å². The lowest BCUT2D eigenvalue weighted by molar-refractivity contribution is 1.34. The van der Waals surface area contributed by atoms with E-state index in [0.717, 1.165) is 11.0 Å². The Morgan fingerprint density at radius 1 is 1.27 bits per heavy atom. The van der Waals surface area contributed by atoms with Gasteiger partial charge in [0, 0.05) is 0 Å². The van der Waals surface area contributed by atoms with Gasteiger partial charge in [0.2, 0.25) is 5.28 Å². The molecular formula is C7H7ClMgN2. The number of H-pyrrole nitrogens is 1. The van der Waals surface area contributed by atoms with Crippen LogP contribution in [0.5, 0.6) is 0 Å². The number of aromatic amines is 1. The van der Waals surface area contributed by atoms with Gasteiger partial charge in [-0.2, -0.15) is 0 Å². The number of aromatic nitrogens is 2. The standard InChI is InChI=1S/C7H5ClN2.Mg.2H/c8-7-9-5-3-1-2-4-6(5)10-7;;;/h1-4H,(H,9,10);;;. The lowest BCUT2D eigenvalue weighted by Crippen LogP contribution is -1.63. The first kappa shape index (κ1) is 8.84. The fourth-order valence-electron chi connectivity index (χ4n) is 0.922. The largest absolute Gasteiger partial charge is 0.329 e. The molecule has 2 nitrogen and oxygen atoms in total. The molecule has 1 aromatic carbocycles. The molecule has 0 amide bonds. The summed E-state index contributed by atoms with van der Waals surface area (Å²) in [7, 11) is 0. The average molecular weight is 179 g/mol. The van der Waals surface area contributed by atoms with E-state index in [2.05, 4.69) is 9.97 Å². The summed E-state index contributed by atoms with van der Waals surface area (Å²) in [4.78, 5) is 6.94. The molecule has 1 heterocycles. The second kappa shape index (κ2) is 3.43. The maximum Gasteiger partial charge on any atom is 0.316 e. The number of nitrogens with zero attached hydrogens (tertiary/aromatic N) is 1. The predicted octanol–water partition coefficient (Wildman–Crippen LogP) is 1.30. The van der Waals surface area contributed by atoms with Crippen LogP contribution in [-0.2, 0) is 0 Å². The second-order valence-corrected chi connectivity index (χ2v) is 2.40. The fourth-order valence-corrected chi connectivity index (χ4v) is 1.11. The van der Waals surface area contributed by atoms with Crippen LogP contribution in [0.15, 0.2) is 24.3 Å². The Balaban J connectivity index is 0.000000605. The minimum absolute atomic E-state index is 0. The summed E-state index contributed by atoms with van der Waals surface area (Å²) in [5.74, 6) is 0. The number of rotatable bonds is 0. The topological polar surface area (TPSA) is 28.7 Å². The molecule has 2 rings (SSSR count). The van der Waals surface area contributed by atoms with Gasteiger partial charge in [0.05, 0.1) is 11.0 Å². The SMILES string of the molecule is Clc1nc2ccccc2[nH]1.[MgH2]. The monoisotopic (exact) mass is 178 g/mol. The van der Waals surface area contributed by atoms with Gasteiger partial charge in [0.15, 0.2) is 0 Å². The summed E-state index contributed by atoms with van der Waals surface area (Å²) >= 11 is 5.62. The number of hydrogen-bond donors (Lipinski definition) is 1. The van der Waals surface area contributed by atoms with Crippen LogP contribution in [0.2, 0.25) is 5.28 Å². The first-order valence-electron chi connectivity index (χ1n) is 2.96. The molecule has 0 aliphatic carbocycles. The molecule has 0 saturated carbocycles. The molecule has 0 spiro atoms. The Hall–Kier alpha value is -0.254. The Bertz CT molecular complexity index is 325. The van der Waals surface area contributed by atoms with Crippen molar-refractivity contribution < 1.29 is 0 Å². The van der Waals surface area contributed by atoms with Crippen molar-refractivity contribution in [2.24, 2.45) is 0 Å². The first-order chi connectivity index (χ1) is 4.86. The zero-order chi connectivity index (χ0) is 6.97. The summed E-state index contributed by atoms with van der Waals surface area (Å²) in [6.45, 7) is 0. The first-order valence-corrected chi connectivity index (χ1v) is 3.34. The summed E-state index contributed by atoms with van der Waals surface area (Å²) in [5.41, 5.74) is 1.89. The molecule has 0 radical (unpaired) electrons. The van der Waals surface area contributed by atoms with E-state index in [1.54, 1.807) is 0 Å². The van der Waals surface area contributed by atoms with Gasteiger partial charge < -0.3 is 4.98 Å². The average Bonchev–Trinajstić information content (AvgIpc) is 2.27. The molecule has 0 aliphatic heterocycles. The van der Waals surface area contributed by atoms with Gasteiger partial charge in [0.1, 0.15) is 0 Å². The number of nitrogens with one attached hydrogen (secondary N) is 1. The Morgan fingerprint density at radius 3 is 2.73 bits per heavy atom. The van der Waals surface area contributed by atoms with Crippen molar-refractivity contribution in [3.63, 3.8) is 0 Å². The van der Waals surface area contributed by atoms with Crippen LogP contribution >= 0.6 is 11.6 Å². The smallest absolute Gasteiger partial charge is 0.316 e. The normalized spacial score (nSPS) is 9.55. The van der Waals surface area contributed by atoms with Crippen LogP contribution in [-0.4, -0.2) is 33.0 Å². The van der Waals surface area contributed by atoms with Crippen LogP contribution in [0.25, 0.3) is 11.0 Å². The van der Waals surface area contributed by atoms with E-state index < -0.39 is 0 Å². The summed E-state index contributed by atoms with van der Waals surface area (Å²) in [6.07, 6.45) is 0. The quantitative estimate of drug-likeness (QED) is 0.606. The number of hydrogen-bond acceptors (Lipinski definition) is 1. The lowest BCUT2D eigenvalue weighted by Gasteiger charge is -1.81. The highest BCUT2D eigenvalue weighted by atomic mass is 35.5. The Morgan fingerprint density at radius 2 is 2.00 bits per heavy atom. The molecule has 54 valence electrons. The van der Waals surface area contributed by atoms with Gasteiger partial charge in [-0.15, -0.1) is 0 Å². The van der Waals surface area contributed by atoms with E-state index in [1.807, 2.05) is 24.3 Å². The van der Waals surface area contributed by atoms with Crippen molar-refractivity contribution in [2.75, 3.05) is 0 Å². The van der Waals surface area contributed by atoms with Crippen molar-refractivity contribution in [3.05, 3.63) is 29.5 Å². The zero-order valence-corrected chi connectivity index (χ0v) is 5.89. The van der Waals surface area contributed by atoms with E-state index in [9.17, 15) is 0 Å². The molecule has 0 bridgehead atoms. The van der Waals surface area contributed by atoms with Crippen molar-refractivity contribution in [3.8, 4) is 0 Å². The summed E-state index contributed by atoms with van der Waals surface area (Å²) < 4.78 is 0. The molecule has 0 saturated heterocycles. The van der Waals surface area contributed by atoms with Crippen LogP contribution in [0.3, 0.4) is 0 Å². The molecular weight excluding hydrogens is 172 g/mol. The Kier molecular flexibility index (Phi) is 2.76. The molecule has 4 heteroatoms. The summed E-state index contributed by atoms with van der Waals surface area (Å²) in [6, 6.07) is 7.72. The number of halogens is 1. The highest BCUT2D eigenvalue weighted by molar-refractivity contribution is 6.29. The van der Waals surface area contributed by atoms with Crippen LogP contribution in [0.1, 0.15) is 0 Å². The van der Waals surface area contributed by atoms with E-state index in [1.165, 1.54) is 0 Å². The third-order valence-corrected chi connectivity index (χ3v) is 1.54. The molecule has 1 N–H and O–H groups in total. The van der Waals surface area contributed by atoms with E-state index in [0.29, 0.717) is 5.28 Å². The third kappa shape index (κ3) is 1.66. The van der Waals surface area contributed by atoms with E-state index in [4.69, 9.17) is 11.6 Å². The molecule has 0 fully saturated rings. The van der Waals surface area contributed by atoms with Crippen LogP contribution < -0.4 is 0 Å². The highest BCUT2D eigenvalue weighted by Gasteiger charge is 1.95. The maximum atomic E-state index is 5.62. The minimum atomic E-state index is 0. The van der Waals surface area contributed by atoms with E-state index in [-0.39, 0.29) is 23.1 Å². The van der Waals surface area contributed by atoms with E-state index >= 15 is 0 Å². The highest BCUT2D eigenvalue weighted by Crippen LogP contribution is 2.12. The molecule has 0 unspecified atom stereocenters. The Labute approximate surface area is 85.1 Å². The molecule has 0 atom stereocenters. The predicted molar refractivity (Wildman–Crippen MR) is 49.6 cm³/mol. The third-order valence-electron chi connectivity index (χ3n) is 1.36. The fraction of sp³-hybridized carbons (Fsp3) is 0. The molecule has 11 heavy (non-hydrogen) atoms. The lowest BCUT2D eigenvalue weighted by atomic mass is 10.3. The van der Waals surface area contributed by atoms with Crippen molar-refractivity contribution in [2.45, 2.75) is 0 Å².